The lowest BCUT2D eigenvalue weighted by Gasteiger charge is -2.15. The van der Waals surface area contributed by atoms with Crippen molar-refractivity contribution in [1.29, 1.82) is 0 Å². The van der Waals surface area contributed by atoms with E-state index in [9.17, 15) is 0 Å². The van der Waals surface area contributed by atoms with E-state index in [1.165, 1.54) is 0 Å². The van der Waals surface area contributed by atoms with E-state index < -0.39 is 0 Å². The second kappa shape index (κ2) is 6.64. The molecule has 0 fully saturated rings. The van der Waals surface area contributed by atoms with Crippen LogP contribution in [0.4, 0.5) is 5.69 Å². The van der Waals surface area contributed by atoms with Gasteiger partial charge in [-0.25, -0.2) is 15.0 Å². The minimum absolute atomic E-state index is 0.591. The number of fused-ring (bicyclic) bond motifs is 3. The minimum atomic E-state index is 0.591. The van der Waals surface area contributed by atoms with Crippen LogP contribution in [0.2, 0.25) is 0 Å². The van der Waals surface area contributed by atoms with Crippen LogP contribution in [-0.4, -0.2) is 19.5 Å². The van der Waals surface area contributed by atoms with Gasteiger partial charge in [0, 0.05) is 7.05 Å². The number of imidazole rings is 1. The Morgan fingerprint density at radius 2 is 1.32 bits per heavy atom. The highest BCUT2D eigenvalue weighted by molar-refractivity contribution is 6.05. The number of nitrogen functional groups attached to an aromatic ring is 1. The number of aromatic nitrogens is 4. The van der Waals surface area contributed by atoms with Crippen molar-refractivity contribution in [3.05, 3.63) is 84.9 Å². The fourth-order valence-electron chi connectivity index (χ4n) is 4.24. The molecule has 0 aliphatic carbocycles. The molecule has 5 heteroatoms. The van der Waals surface area contributed by atoms with E-state index in [1.807, 2.05) is 67.7 Å². The fraction of sp³-hybridized carbons (Fsp3) is 0.0385. The summed E-state index contributed by atoms with van der Waals surface area (Å²) < 4.78 is 2.09. The van der Waals surface area contributed by atoms with Gasteiger partial charge >= 0.3 is 0 Å². The van der Waals surface area contributed by atoms with Gasteiger partial charge in [-0.3, -0.25) is 0 Å². The first-order valence-electron chi connectivity index (χ1n) is 10.2. The monoisotopic (exact) mass is 401 g/mol. The number of hydrogen-bond acceptors (Lipinski definition) is 4. The molecule has 2 heterocycles. The molecule has 0 atom stereocenters. The maximum atomic E-state index is 6.82. The molecule has 0 bridgehead atoms. The summed E-state index contributed by atoms with van der Waals surface area (Å²) in [6.45, 7) is 0. The SMILES string of the molecule is Cn1c(-c2c(-c3ccccc3)cc3nc4ccccc4nc3c2N)nc2ccccc21. The molecule has 0 unspecified atom stereocenters. The van der Waals surface area contributed by atoms with E-state index in [1.54, 1.807) is 0 Å². The van der Waals surface area contributed by atoms with Crippen molar-refractivity contribution < 1.29 is 0 Å². The van der Waals surface area contributed by atoms with Gasteiger partial charge in [0.05, 0.1) is 38.8 Å². The molecule has 0 aliphatic heterocycles. The molecule has 148 valence electrons. The lowest BCUT2D eigenvalue weighted by Crippen LogP contribution is -2.02. The summed E-state index contributed by atoms with van der Waals surface area (Å²) >= 11 is 0. The van der Waals surface area contributed by atoms with Gasteiger partial charge in [-0.2, -0.15) is 0 Å². The number of para-hydroxylation sites is 4. The van der Waals surface area contributed by atoms with Crippen LogP contribution in [0, 0.1) is 0 Å². The largest absolute Gasteiger partial charge is 0.396 e. The number of nitrogens with zero attached hydrogens (tertiary/aromatic N) is 4. The van der Waals surface area contributed by atoms with Gasteiger partial charge in [0.15, 0.2) is 0 Å². The zero-order valence-electron chi connectivity index (χ0n) is 16.9. The number of benzene rings is 4. The number of nitrogens with two attached hydrogens (primary N) is 1. The molecule has 0 spiro atoms. The van der Waals surface area contributed by atoms with Crippen LogP contribution >= 0.6 is 0 Å². The summed E-state index contributed by atoms with van der Waals surface area (Å²) in [7, 11) is 2.02. The van der Waals surface area contributed by atoms with Crippen molar-refractivity contribution in [2.45, 2.75) is 0 Å². The molecule has 2 aromatic heterocycles. The molecule has 0 aliphatic rings. The summed E-state index contributed by atoms with van der Waals surface area (Å²) in [4.78, 5) is 14.6. The van der Waals surface area contributed by atoms with Gasteiger partial charge in [-0.15, -0.1) is 0 Å². The van der Waals surface area contributed by atoms with Gasteiger partial charge in [-0.05, 0) is 41.5 Å². The zero-order valence-corrected chi connectivity index (χ0v) is 16.9. The van der Waals surface area contributed by atoms with E-state index >= 15 is 0 Å². The van der Waals surface area contributed by atoms with Crippen LogP contribution in [-0.2, 0) is 7.05 Å². The molecule has 5 nitrogen and oxygen atoms in total. The predicted octanol–water partition coefficient (Wildman–Crippen LogP) is 5.59. The minimum Gasteiger partial charge on any atom is -0.396 e. The van der Waals surface area contributed by atoms with Crippen molar-refractivity contribution in [1.82, 2.24) is 19.5 Å². The van der Waals surface area contributed by atoms with Crippen LogP contribution in [0.15, 0.2) is 84.9 Å². The Kier molecular flexibility index (Phi) is 3.77. The van der Waals surface area contributed by atoms with Gasteiger partial charge in [0.2, 0.25) is 0 Å². The number of aryl methyl sites for hydroxylation is 1. The van der Waals surface area contributed by atoms with Crippen molar-refractivity contribution in [2.75, 3.05) is 5.73 Å². The summed E-state index contributed by atoms with van der Waals surface area (Å²) in [6, 6.07) is 28.3. The summed E-state index contributed by atoms with van der Waals surface area (Å²) in [6.07, 6.45) is 0. The normalized spacial score (nSPS) is 11.5. The highest BCUT2D eigenvalue weighted by atomic mass is 15.1. The molecule has 0 saturated carbocycles. The van der Waals surface area contributed by atoms with E-state index in [0.717, 1.165) is 50.1 Å². The maximum Gasteiger partial charge on any atom is 0.143 e. The number of rotatable bonds is 2. The van der Waals surface area contributed by atoms with Crippen molar-refractivity contribution in [3.63, 3.8) is 0 Å². The van der Waals surface area contributed by atoms with E-state index in [2.05, 4.69) is 28.8 Å². The van der Waals surface area contributed by atoms with E-state index in [4.69, 9.17) is 20.7 Å². The van der Waals surface area contributed by atoms with Crippen LogP contribution in [0.5, 0.6) is 0 Å². The van der Waals surface area contributed by atoms with Crippen LogP contribution < -0.4 is 5.73 Å². The summed E-state index contributed by atoms with van der Waals surface area (Å²) in [5, 5.41) is 0. The molecule has 4 aromatic carbocycles. The molecule has 6 aromatic rings. The average Bonchev–Trinajstić information content (AvgIpc) is 3.15. The second-order valence-corrected chi connectivity index (χ2v) is 7.64. The third-order valence-electron chi connectivity index (χ3n) is 5.77. The molecular weight excluding hydrogens is 382 g/mol. The highest BCUT2D eigenvalue weighted by Gasteiger charge is 2.21. The first kappa shape index (κ1) is 17.6. The Hall–Kier alpha value is -4.25. The number of anilines is 1. The molecule has 6 rings (SSSR count). The van der Waals surface area contributed by atoms with Crippen LogP contribution in [0.25, 0.3) is 55.6 Å². The van der Waals surface area contributed by atoms with Crippen LogP contribution in [0.1, 0.15) is 0 Å². The fourth-order valence-corrected chi connectivity index (χ4v) is 4.24. The van der Waals surface area contributed by atoms with Crippen molar-refractivity contribution >= 4 is 38.8 Å². The molecule has 31 heavy (non-hydrogen) atoms. The second-order valence-electron chi connectivity index (χ2n) is 7.64. The Morgan fingerprint density at radius 1 is 0.677 bits per heavy atom. The third kappa shape index (κ3) is 2.67. The zero-order chi connectivity index (χ0) is 20.9. The van der Waals surface area contributed by atoms with E-state index in [-0.39, 0.29) is 0 Å². The third-order valence-corrected chi connectivity index (χ3v) is 5.77. The van der Waals surface area contributed by atoms with Gasteiger partial charge in [-0.1, -0.05) is 54.6 Å². The maximum absolute atomic E-state index is 6.82. The Bertz CT molecular complexity index is 1600. The van der Waals surface area contributed by atoms with Gasteiger partial charge < -0.3 is 10.3 Å². The lowest BCUT2D eigenvalue weighted by molar-refractivity contribution is 0.960. The summed E-state index contributed by atoms with van der Waals surface area (Å²) in [5.41, 5.74) is 15.5. The standard InChI is InChI=1S/C26H19N5/c1-31-22-14-8-7-13-20(22)30-26(31)23-17(16-9-3-2-4-10-16)15-21-25(24(23)27)29-19-12-6-5-11-18(19)28-21/h2-15H,27H2,1H3. The molecule has 0 saturated heterocycles. The summed E-state index contributed by atoms with van der Waals surface area (Å²) in [5.74, 6) is 0.814. The Labute approximate surface area is 178 Å². The lowest BCUT2D eigenvalue weighted by atomic mass is 9.96. The van der Waals surface area contributed by atoms with Crippen molar-refractivity contribution in [2.24, 2.45) is 7.05 Å². The molecule has 0 amide bonds. The Morgan fingerprint density at radius 3 is 2.06 bits per heavy atom. The van der Waals surface area contributed by atoms with Gasteiger partial charge in [0.1, 0.15) is 11.3 Å². The Balaban J connectivity index is 1.76. The molecule has 2 N–H and O–H groups in total. The van der Waals surface area contributed by atoms with Gasteiger partial charge in [0.25, 0.3) is 0 Å². The van der Waals surface area contributed by atoms with E-state index in [0.29, 0.717) is 11.2 Å². The smallest absolute Gasteiger partial charge is 0.143 e. The van der Waals surface area contributed by atoms with Crippen LogP contribution in [0.3, 0.4) is 0 Å². The molecular formula is C26H19N5. The van der Waals surface area contributed by atoms with Crippen molar-refractivity contribution in [3.8, 4) is 22.5 Å². The first-order valence-corrected chi connectivity index (χ1v) is 10.2. The number of hydrogen-bond donors (Lipinski definition) is 1. The topological polar surface area (TPSA) is 69.6 Å². The molecule has 0 radical (unpaired) electrons. The average molecular weight is 401 g/mol. The first-order chi connectivity index (χ1) is 15.2. The quantitative estimate of drug-likeness (QED) is 0.303. The highest BCUT2D eigenvalue weighted by Crippen LogP contribution is 2.41. The predicted molar refractivity (Wildman–Crippen MR) is 127 cm³/mol.